The molecule has 6 nitrogen and oxygen atoms in total. The fraction of sp³-hybridized carbons (Fsp3) is 0.0769. The van der Waals surface area contributed by atoms with E-state index in [4.69, 9.17) is 11.6 Å². The van der Waals surface area contributed by atoms with Gasteiger partial charge in [0.2, 0.25) is 0 Å². The van der Waals surface area contributed by atoms with E-state index in [0.717, 1.165) is 5.69 Å². The molecule has 1 aliphatic heterocycles. The molecule has 33 heavy (non-hydrogen) atoms. The predicted octanol–water partition coefficient (Wildman–Crippen LogP) is 4.86. The number of aromatic nitrogens is 2. The molecular formula is C26H18ClN3O3. The van der Waals surface area contributed by atoms with Gasteiger partial charge in [-0.3, -0.25) is 23.9 Å². The zero-order valence-electron chi connectivity index (χ0n) is 17.7. The highest BCUT2D eigenvalue weighted by Gasteiger charge is 2.36. The van der Waals surface area contributed by atoms with Crippen molar-refractivity contribution in [2.75, 3.05) is 0 Å². The molecule has 162 valence electrons. The van der Waals surface area contributed by atoms with Crippen molar-refractivity contribution in [2.45, 2.75) is 13.5 Å². The van der Waals surface area contributed by atoms with Gasteiger partial charge in [-0.1, -0.05) is 60.1 Å². The van der Waals surface area contributed by atoms with Gasteiger partial charge in [0.15, 0.2) is 5.78 Å². The van der Waals surface area contributed by atoms with Crippen LogP contribution in [0.1, 0.15) is 48.2 Å². The second-order valence-electron chi connectivity index (χ2n) is 7.72. The van der Waals surface area contributed by atoms with E-state index in [2.05, 4.69) is 4.98 Å². The molecule has 1 aromatic heterocycles. The number of imidazole rings is 1. The maximum atomic E-state index is 13.4. The topological polar surface area (TPSA) is 72.3 Å². The summed E-state index contributed by atoms with van der Waals surface area (Å²) < 4.78 is 1.77. The molecule has 0 radical (unpaired) electrons. The molecule has 5 rings (SSSR count). The minimum Gasteiger partial charge on any atom is -0.299 e. The molecule has 0 spiro atoms. The van der Waals surface area contributed by atoms with Crippen LogP contribution in [-0.4, -0.2) is 32.0 Å². The van der Waals surface area contributed by atoms with Crippen molar-refractivity contribution < 1.29 is 14.4 Å². The third-order valence-corrected chi connectivity index (χ3v) is 6.00. The summed E-state index contributed by atoms with van der Waals surface area (Å²) in [6.45, 7) is 1.81. The number of carbonyl (C=O) groups is 3. The van der Waals surface area contributed by atoms with E-state index in [1.807, 2.05) is 13.0 Å². The van der Waals surface area contributed by atoms with Crippen LogP contribution >= 0.6 is 11.6 Å². The molecule has 3 aromatic carbocycles. The first-order valence-electron chi connectivity index (χ1n) is 10.3. The van der Waals surface area contributed by atoms with Gasteiger partial charge in [-0.05, 0) is 31.2 Å². The molecule has 0 fully saturated rings. The molecule has 0 atom stereocenters. The SMILES string of the molecule is Cc1cnc(CN2C(=O)c3ccccc3C2=O)n1-c1cccc(Cl)c1C(=O)c1ccccc1. The van der Waals surface area contributed by atoms with Crippen LogP contribution in [-0.2, 0) is 6.54 Å². The van der Waals surface area contributed by atoms with E-state index in [0.29, 0.717) is 38.8 Å². The van der Waals surface area contributed by atoms with Crippen molar-refractivity contribution in [3.8, 4) is 5.69 Å². The number of fused-ring (bicyclic) bond motifs is 1. The van der Waals surface area contributed by atoms with Crippen LogP contribution in [0.2, 0.25) is 5.02 Å². The Morgan fingerprint density at radius 2 is 1.52 bits per heavy atom. The van der Waals surface area contributed by atoms with Crippen LogP contribution in [0, 0.1) is 6.92 Å². The Morgan fingerprint density at radius 1 is 0.879 bits per heavy atom. The van der Waals surface area contributed by atoms with Crippen LogP contribution in [0.3, 0.4) is 0 Å². The summed E-state index contributed by atoms with van der Waals surface area (Å²) >= 11 is 6.50. The van der Waals surface area contributed by atoms with Gasteiger partial charge >= 0.3 is 0 Å². The van der Waals surface area contributed by atoms with Gasteiger partial charge in [-0.25, -0.2) is 4.98 Å². The van der Waals surface area contributed by atoms with E-state index >= 15 is 0 Å². The number of aryl methyl sites for hydroxylation is 1. The summed E-state index contributed by atoms with van der Waals surface area (Å²) in [4.78, 5) is 44.7. The lowest BCUT2D eigenvalue weighted by Crippen LogP contribution is -2.30. The van der Waals surface area contributed by atoms with E-state index in [9.17, 15) is 14.4 Å². The van der Waals surface area contributed by atoms with Crippen molar-refractivity contribution in [2.24, 2.45) is 0 Å². The minimum absolute atomic E-state index is 0.0360. The van der Waals surface area contributed by atoms with Crippen molar-refractivity contribution >= 4 is 29.2 Å². The van der Waals surface area contributed by atoms with Crippen LogP contribution < -0.4 is 0 Å². The Kier molecular flexibility index (Phi) is 5.15. The summed E-state index contributed by atoms with van der Waals surface area (Å²) in [6.07, 6.45) is 1.64. The van der Waals surface area contributed by atoms with Gasteiger partial charge in [0.05, 0.1) is 33.9 Å². The molecule has 0 bridgehead atoms. The first-order valence-corrected chi connectivity index (χ1v) is 10.7. The van der Waals surface area contributed by atoms with E-state index in [1.54, 1.807) is 77.5 Å². The van der Waals surface area contributed by atoms with Crippen molar-refractivity contribution in [3.63, 3.8) is 0 Å². The second-order valence-corrected chi connectivity index (χ2v) is 8.13. The largest absolute Gasteiger partial charge is 0.299 e. The van der Waals surface area contributed by atoms with E-state index in [1.165, 1.54) is 4.90 Å². The monoisotopic (exact) mass is 455 g/mol. The summed E-state index contributed by atoms with van der Waals surface area (Å²) in [5, 5.41) is 0.307. The smallest absolute Gasteiger partial charge is 0.261 e. The van der Waals surface area contributed by atoms with Crippen molar-refractivity contribution in [1.29, 1.82) is 0 Å². The quantitative estimate of drug-likeness (QED) is 0.318. The molecule has 0 aliphatic carbocycles. The van der Waals surface area contributed by atoms with Crippen LogP contribution in [0.25, 0.3) is 5.69 Å². The van der Waals surface area contributed by atoms with Gasteiger partial charge in [0, 0.05) is 17.5 Å². The fourth-order valence-corrected chi connectivity index (χ4v) is 4.36. The van der Waals surface area contributed by atoms with E-state index in [-0.39, 0.29) is 24.1 Å². The average Bonchev–Trinajstić information content (AvgIpc) is 3.31. The Balaban J connectivity index is 1.58. The van der Waals surface area contributed by atoms with Crippen LogP contribution in [0.4, 0.5) is 0 Å². The van der Waals surface area contributed by atoms with Gasteiger partial charge < -0.3 is 0 Å². The number of benzene rings is 3. The maximum absolute atomic E-state index is 13.4. The highest BCUT2D eigenvalue weighted by atomic mass is 35.5. The normalized spacial score (nSPS) is 12.8. The van der Waals surface area contributed by atoms with Gasteiger partial charge in [-0.15, -0.1) is 0 Å². The molecule has 1 aliphatic rings. The highest BCUT2D eigenvalue weighted by molar-refractivity contribution is 6.35. The molecule has 0 saturated carbocycles. The van der Waals surface area contributed by atoms with Gasteiger partial charge in [0.25, 0.3) is 11.8 Å². The number of hydrogen-bond acceptors (Lipinski definition) is 4. The Labute approximate surface area is 195 Å². The lowest BCUT2D eigenvalue weighted by Gasteiger charge is -2.18. The average molecular weight is 456 g/mol. The zero-order chi connectivity index (χ0) is 23.1. The van der Waals surface area contributed by atoms with Crippen LogP contribution in [0.5, 0.6) is 0 Å². The predicted molar refractivity (Wildman–Crippen MR) is 124 cm³/mol. The number of ketones is 1. The summed E-state index contributed by atoms with van der Waals surface area (Å²) in [7, 11) is 0. The Morgan fingerprint density at radius 3 is 2.18 bits per heavy atom. The molecule has 2 heterocycles. The summed E-state index contributed by atoms with van der Waals surface area (Å²) in [5.74, 6) is -0.508. The number of carbonyl (C=O) groups excluding carboxylic acids is 3. The lowest BCUT2D eigenvalue weighted by molar-refractivity contribution is 0.0637. The van der Waals surface area contributed by atoms with Crippen LogP contribution in [0.15, 0.2) is 79.0 Å². The number of halogens is 1. The maximum Gasteiger partial charge on any atom is 0.261 e. The molecule has 4 aromatic rings. The van der Waals surface area contributed by atoms with Crippen molar-refractivity contribution in [3.05, 3.63) is 118 Å². The second kappa shape index (κ2) is 8.15. The number of hydrogen-bond donors (Lipinski definition) is 0. The first kappa shape index (κ1) is 20.8. The first-order chi connectivity index (χ1) is 16.0. The highest BCUT2D eigenvalue weighted by Crippen LogP contribution is 2.30. The summed E-state index contributed by atoms with van der Waals surface area (Å²) in [5.41, 5.74) is 2.87. The Bertz CT molecular complexity index is 1390. The molecular weight excluding hydrogens is 438 g/mol. The summed E-state index contributed by atoms with van der Waals surface area (Å²) in [6, 6.07) is 20.8. The number of rotatable bonds is 5. The number of imide groups is 1. The number of amides is 2. The van der Waals surface area contributed by atoms with Crippen molar-refractivity contribution in [1.82, 2.24) is 14.5 Å². The molecule has 0 unspecified atom stereocenters. The standard InChI is InChI=1S/C26H18ClN3O3/c1-16-14-28-22(15-29-25(32)18-10-5-6-11-19(18)26(29)33)30(16)21-13-7-12-20(27)23(21)24(31)17-8-3-2-4-9-17/h2-14H,15H2,1H3. The third-order valence-electron chi connectivity index (χ3n) is 5.68. The molecule has 0 N–H and O–H groups in total. The fourth-order valence-electron chi connectivity index (χ4n) is 4.11. The zero-order valence-corrected chi connectivity index (χ0v) is 18.4. The minimum atomic E-state index is -0.366. The van der Waals surface area contributed by atoms with E-state index < -0.39 is 0 Å². The molecule has 7 heteroatoms. The number of nitrogens with zero attached hydrogens (tertiary/aromatic N) is 3. The third kappa shape index (κ3) is 3.45. The molecule has 0 saturated heterocycles. The van der Waals surface area contributed by atoms with Gasteiger partial charge in [0.1, 0.15) is 5.82 Å². The van der Waals surface area contributed by atoms with Gasteiger partial charge in [-0.2, -0.15) is 0 Å². The molecule has 2 amide bonds. The lowest BCUT2D eigenvalue weighted by atomic mass is 10.0. The Hall–Kier alpha value is -4.03.